The van der Waals surface area contributed by atoms with Crippen LogP contribution in [-0.4, -0.2) is 76.5 Å². The molecule has 0 aliphatic rings. The highest BCUT2D eigenvalue weighted by Crippen LogP contribution is 2.24. The third-order valence-corrected chi connectivity index (χ3v) is 6.59. The number of amides is 3. The van der Waals surface area contributed by atoms with Crippen LogP contribution in [0.1, 0.15) is 38.1 Å². The molecule has 13 heteroatoms. The van der Waals surface area contributed by atoms with Crippen LogP contribution < -0.4 is 10.9 Å². The monoisotopic (exact) mass is 602 g/mol. The van der Waals surface area contributed by atoms with Crippen molar-refractivity contribution in [1.29, 1.82) is 0 Å². The maximum absolute atomic E-state index is 14.5. The first-order valence-electron chi connectivity index (χ1n) is 13.4. The zero-order valence-electron chi connectivity index (χ0n) is 24.5. The summed E-state index contributed by atoms with van der Waals surface area (Å²) in [7, 11) is 6.17. The molecule has 3 aromatic rings. The first-order valence-corrected chi connectivity index (χ1v) is 13.8. The Bertz CT molecular complexity index is 1550. The van der Waals surface area contributed by atoms with E-state index in [1.165, 1.54) is 52.9 Å². The summed E-state index contributed by atoms with van der Waals surface area (Å²) in [4.78, 5) is 60.5. The molecule has 1 atom stereocenters. The minimum atomic E-state index is -1.24. The Morgan fingerprint density at radius 2 is 1.90 bits per heavy atom. The van der Waals surface area contributed by atoms with Crippen LogP contribution >= 0.6 is 11.6 Å². The van der Waals surface area contributed by atoms with Crippen molar-refractivity contribution in [2.75, 3.05) is 33.5 Å². The summed E-state index contributed by atoms with van der Waals surface area (Å²) in [6.45, 7) is 4.05. The summed E-state index contributed by atoms with van der Waals surface area (Å²) >= 11 is 6.35. The maximum atomic E-state index is 14.5. The van der Waals surface area contributed by atoms with Gasteiger partial charge in [0.25, 0.3) is 11.5 Å². The number of anilines is 1. The van der Waals surface area contributed by atoms with Crippen LogP contribution in [-0.2, 0) is 27.3 Å². The first kappa shape index (κ1) is 32.3. The molecule has 11 nitrogen and oxygen atoms in total. The molecule has 3 heterocycles. The number of aromatic nitrogens is 3. The fourth-order valence-electron chi connectivity index (χ4n) is 4.05. The number of carbonyl (C=O) groups is 3. The third kappa shape index (κ3) is 8.19. The van der Waals surface area contributed by atoms with Gasteiger partial charge in [0.1, 0.15) is 10.8 Å². The number of nitrogens with zero attached hydrogens (tertiary/aromatic N) is 4. The van der Waals surface area contributed by atoms with Crippen LogP contribution in [0.3, 0.4) is 0 Å². The first-order chi connectivity index (χ1) is 19.8. The quantitative estimate of drug-likeness (QED) is 0.250. The largest absolute Gasteiger partial charge is 0.436 e. The van der Waals surface area contributed by atoms with Gasteiger partial charge in [-0.1, -0.05) is 31.5 Å². The number of carbonyl (C=O) groups excluding carboxylic acids is 3. The second-order valence-corrected chi connectivity index (χ2v) is 11.1. The van der Waals surface area contributed by atoms with Crippen LogP contribution in [0.25, 0.3) is 10.9 Å². The molecule has 3 amide bonds. The van der Waals surface area contributed by atoms with Gasteiger partial charge in [-0.15, -0.1) is 0 Å². The molecule has 0 saturated heterocycles. The zero-order chi connectivity index (χ0) is 31.1. The van der Waals surface area contributed by atoms with Crippen molar-refractivity contribution in [3.63, 3.8) is 0 Å². The predicted octanol–water partition coefficient (Wildman–Crippen LogP) is 4.19. The number of hydrogen-bond acceptors (Lipinski definition) is 6. The normalized spacial score (nSPS) is 12.1. The summed E-state index contributed by atoms with van der Waals surface area (Å²) in [5, 5.41) is 2.99. The van der Waals surface area contributed by atoms with E-state index >= 15 is 0 Å². The maximum Gasteiger partial charge on any atom is 0.410 e. The smallest absolute Gasteiger partial charge is 0.410 e. The summed E-state index contributed by atoms with van der Waals surface area (Å²) in [5.41, 5.74) is 1.10. The molecule has 42 heavy (non-hydrogen) atoms. The Hall–Kier alpha value is -4.19. The van der Waals surface area contributed by atoms with E-state index in [1.807, 2.05) is 13.8 Å². The molecular formula is C29H36ClFN6O5. The van der Waals surface area contributed by atoms with E-state index in [9.17, 15) is 23.6 Å². The number of H-pyrrole nitrogens is 1. The minimum absolute atomic E-state index is 0.0274. The van der Waals surface area contributed by atoms with Crippen molar-refractivity contribution >= 4 is 46.1 Å². The van der Waals surface area contributed by atoms with E-state index < -0.39 is 29.5 Å². The predicted molar refractivity (Wildman–Crippen MR) is 159 cm³/mol. The van der Waals surface area contributed by atoms with Gasteiger partial charge in [0.15, 0.2) is 11.9 Å². The van der Waals surface area contributed by atoms with Crippen LogP contribution in [0, 0.1) is 11.7 Å². The Labute approximate surface area is 248 Å². The van der Waals surface area contributed by atoms with E-state index in [4.69, 9.17) is 16.3 Å². The summed E-state index contributed by atoms with van der Waals surface area (Å²) in [6, 6.07) is 4.41. The van der Waals surface area contributed by atoms with Crippen molar-refractivity contribution in [2.45, 2.75) is 45.8 Å². The van der Waals surface area contributed by atoms with E-state index in [-0.39, 0.29) is 36.1 Å². The number of rotatable bonds is 11. The molecular weight excluding hydrogens is 567 g/mol. The number of nitrogens with one attached hydrogen (secondary N) is 2. The number of hydrogen-bond donors (Lipinski definition) is 2. The lowest BCUT2D eigenvalue weighted by Crippen LogP contribution is -2.37. The molecule has 0 fully saturated rings. The average Bonchev–Trinajstić information content (AvgIpc) is 3.36. The van der Waals surface area contributed by atoms with Gasteiger partial charge in [0.2, 0.25) is 5.91 Å². The standard InChI is InChI=1S/C29H36ClFN6O5/c1-17(2)13-22-26-19(20(31)15-32-22)14-18(33-26)16-37-24(30)12-11-21(28(37)40)34-27(39)23(42-29(41)36(5)6)9-7-8-10-25(38)35(3)4/h8,10-12,14-15,17,23,33H,7,9,13,16H2,1-6H3,(H,34,39)/b10-8+. The SMILES string of the molecule is CC(C)Cc1ncc(F)c2cc(Cn3c(Cl)ccc(NC(=O)C(CC/C=C/C(=O)N(C)C)OC(=O)N(C)C)c3=O)[nH]c12. The molecule has 0 saturated carbocycles. The molecule has 3 rings (SSSR count). The van der Waals surface area contributed by atoms with Crippen molar-refractivity contribution in [1.82, 2.24) is 24.3 Å². The number of fused-ring (bicyclic) bond motifs is 1. The van der Waals surface area contributed by atoms with E-state index in [1.54, 1.807) is 26.2 Å². The lowest BCUT2D eigenvalue weighted by atomic mass is 10.1. The van der Waals surface area contributed by atoms with Crippen molar-refractivity contribution in [3.8, 4) is 0 Å². The zero-order valence-corrected chi connectivity index (χ0v) is 25.3. The van der Waals surface area contributed by atoms with Crippen molar-refractivity contribution in [2.24, 2.45) is 5.92 Å². The number of ether oxygens (including phenoxy) is 1. The van der Waals surface area contributed by atoms with Gasteiger partial charge in [-0.05, 0) is 49.5 Å². The van der Waals surface area contributed by atoms with Crippen LogP contribution in [0.5, 0.6) is 0 Å². The highest BCUT2D eigenvalue weighted by atomic mass is 35.5. The Morgan fingerprint density at radius 1 is 1.19 bits per heavy atom. The number of aromatic amines is 1. The van der Waals surface area contributed by atoms with Crippen LogP contribution in [0.15, 0.2) is 41.3 Å². The van der Waals surface area contributed by atoms with Gasteiger partial charge in [0.05, 0.1) is 24.0 Å². The number of pyridine rings is 2. The molecule has 0 spiro atoms. The molecule has 226 valence electrons. The molecule has 1 unspecified atom stereocenters. The molecule has 0 radical (unpaired) electrons. The molecule has 0 bridgehead atoms. The van der Waals surface area contributed by atoms with Crippen molar-refractivity contribution < 1.29 is 23.5 Å². The summed E-state index contributed by atoms with van der Waals surface area (Å²) in [6.07, 6.45) is 3.10. The molecule has 0 aliphatic carbocycles. The second kappa shape index (κ2) is 14.1. The molecule has 0 aromatic carbocycles. The average molecular weight is 603 g/mol. The minimum Gasteiger partial charge on any atom is -0.436 e. The Kier molecular flexibility index (Phi) is 10.9. The van der Waals surface area contributed by atoms with Crippen molar-refractivity contribution in [3.05, 3.63) is 69.3 Å². The second-order valence-electron chi connectivity index (χ2n) is 10.7. The molecule has 0 aliphatic heterocycles. The van der Waals surface area contributed by atoms with Gasteiger partial charge in [-0.25, -0.2) is 9.18 Å². The Morgan fingerprint density at radius 3 is 2.55 bits per heavy atom. The van der Waals surface area contributed by atoms with Crippen LogP contribution in [0.2, 0.25) is 5.15 Å². The fourth-order valence-corrected chi connectivity index (χ4v) is 4.25. The van der Waals surface area contributed by atoms with Crippen LogP contribution in [0.4, 0.5) is 14.9 Å². The topological polar surface area (TPSA) is 130 Å². The van der Waals surface area contributed by atoms with Gasteiger partial charge in [-0.3, -0.25) is 23.9 Å². The van der Waals surface area contributed by atoms with Gasteiger partial charge < -0.3 is 24.8 Å². The number of allylic oxidation sites excluding steroid dienone is 1. The Balaban J connectivity index is 1.85. The van der Waals surface area contributed by atoms with Gasteiger partial charge in [0, 0.05) is 39.3 Å². The molecule has 2 N–H and O–H groups in total. The lowest BCUT2D eigenvalue weighted by Gasteiger charge is -2.20. The van der Waals surface area contributed by atoms with E-state index in [0.29, 0.717) is 34.6 Å². The summed E-state index contributed by atoms with van der Waals surface area (Å²) in [5.74, 6) is -1.14. The van der Waals surface area contributed by atoms with E-state index in [0.717, 1.165) is 0 Å². The fraction of sp³-hybridized carbons (Fsp3) is 0.414. The molecule has 3 aromatic heterocycles. The van der Waals surface area contributed by atoms with Gasteiger partial charge in [-0.2, -0.15) is 0 Å². The third-order valence-electron chi connectivity index (χ3n) is 6.26. The van der Waals surface area contributed by atoms with E-state index in [2.05, 4.69) is 15.3 Å². The highest BCUT2D eigenvalue weighted by molar-refractivity contribution is 6.29. The number of halogens is 2. The highest BCUT2D eigenvalue weighted by Gasteiger charge is 2.25. The summed E-state index contributed by atoms with van der Waals surface area (Å²) < 4.78 is 21.1. The number of likely N-dealkylation sites (N-methyl/N-ethyl adjacent to an activating group) is 1. The van der Waals surface area contributed by atoms with Gasteiger partial charge >= 0.3 is 6.09 Å². The lowest BCUT2D eigenvalue weighted by molar-refractivity contribution is -0.125.